The molecule has 0 spiro atoms. The summed E-state index contributed by atoms with van der Waals surface area (Å²) >= 11 is 0. The van der Waals surface area contributed by atoms with Gasteiger partial charge in [0.2, 0.25) is 5.91 Å². The Morgan fingerprint density at radius 3 is 2.67 bits per heavy atom. The van der Waals surface area contributed by atoms with Crippen LogP contribution in [-0.4, -0.2) is 48.0 Å². The minimum absolute atomic E-state index is 0.0630. The van der Waals surface area contributed by atoms with Crippen molar-refractivity contribution in [2.45, 2.75) is 26.2 Å². The van der Waals surface area contributed by atoms with Crippen molar-refractivity contribution in [3.05, 3.63) is 70.6 Å². The Kier molecular flexibility index (Phi) is 6.77. The molecule has 1 aliphatic rings. The van der Waals surface area contributed by atoms with Crippen LogP contribution in [0.2, 0.25) is 0 Å². The van der Waals surface area contributed by atoms with Gasteiger partial charge in [-0.3, -0.25) is 19.0 Å². The van der Waals surface area contributed by atoms with E-state index < -0.39 is 0 Å². The topological polar surface area (TPSA) is 80.6 Å². The zero-order valence-electron chi connectivity index (χ0n) is 19.0. The lowest BCUT2D eigenvalue weighted by Crippen LogP contribution is -2.40. The summed E-state index contributed by atoms with van der Waals surface area (Å²) < 4.78 is 6.74. The summed E-state index contributed by atoms with van der Waals surface area (Å²) in [4.78, 5) is 40.7. The number of amides is 2. The summed E-state index contributed by atoms with van der Waals surface area (Å²) in [5, 5.41) is 3.90. The fourth-order valence-electron chi connectivity index (χ4n) is 4.38. The average Bonchev–Trinajstić information content (AvgIpc) is 2.84. The quantitative estimate of drug-likeness (QED) is 0.628. The van der Waals surface area contributed by atoms with Crippen LogP contribution in [-0.2, 0) is 4.79 Å². The number of hydrogen-bond donors (Lipinski definition) is 1. The highest BCUT2D eigenvalue weighted by atomic mass is 16.5. The molecule has 1 aromatic heterocycles. The second kappa shape index (κ2) is 9.90. The van der Waals surface area contributed by atoms with Crippen molar-refractivity contribution < 1.29 is 14.3 Å². The first-order valence-corrected chi connectivity index (χ1v) is 11.3. The SMILES string of the molecule is COc1cccc(-n2cc(C(=O)NCCC(=O)N3CCCC(C)C3)c3ccccc3c2=O)c1. The van der Waals surface area contributed by atoms with Crippen molar-refractivity contribution in [2.75, 3.05) is 26.7 Å². The van der Waals surface area contributed by atoms with Crippen LogP contribution in [0.5, 0.6) is 5.75 Å². The molecule has 2 amide bonds. The number of ether oxygens (including phenoxy) is 1. The highest BCUT2D eigenvalue weighted by molar-refractivity contribution is 6.06. The fraction of sp³-hybridized carbons (Fsp3) is 0.346. The Labute approximate surface area is 193 Å². The van der Waals surface area contributed by atoms with E-state index in [0.717, 1.165) is 25.9 Å². The molecule has 1 saturated heterocycles. The van der Waals surface area contributed by atoms with E-state index in [2.05, 4.69) is 12.2 Å². The van der Waals surface area contributed by atoms with Crippen LogP contribution in [0.15, 0.2) is 59.5 Å². The molecule has 33 heavy (non-hydrogen) atoms. The van der Waals surface area contributed by atoms with Gasteiger partial charge in [0.1, 0.15) is 5.75 Å². The molecule has 1 unspecified atom stereocenters. The summed E-state index contributed by atoms with van der Waals surface area (Å²) in [5.74, 6) is 0.876. The van der Waals surface area contributed by atoms with Crippen LogP contribution >= 0.6 is 0 Å². The first kappa shape index (κ1) is 22.6. The van der Waals surface area contributed by atoms with Gasteiger partial charge in [0.05, 0.1) is 18.4 Å². The number of nitrogens with zero attached hydrogens (tertiary/aromatic N) is 2. The Morgan fingerprint density at radius 2 is 1.91 bits per heavy atom. The van der Waals surface area contributed by atoms with Gasteiger partial charge in [-0.2, -0.15) is 0 Å². The van der Waals surface area contributed by atoms with Gasteiger partial charge in [-0.05, 0) is 37.0 Å². The van der Waals surface area contributed by atoms with Gasteiger partial charge in [-0.1, -0.05) is 31.2 Å². The first-order valence-electron chi connectivity index (χ1n) is 11.3. The molecule has 2 aromatic carbocycles. The Hall–Kier alpha value is -3.61. The number of aromatic nitrogens is 1. The maximum Gasteiger partial charge on any atom is 0.262 e. The van der Waals surface area contributed by atoms with Crippen LogP contribution in [0.3, 0.4) is 0 Å². The summed E-state index contributed by atoms with van der Waals surface area (Å²) in [5.41, 5.74) is 0.769. The number of pyridine rings is 1. The number of methoxy groups -OCH3 is 1. The predicted octanol–water partition coefficient (Wildman–Crippen LogP) is 3.38. The number of nitrogens with one attached hydrogen (secondary N) is 1. The monoisotopic (exact) mass is 447 g/mol. The molecule has 1 aliphatic heterocycles. The van der Waals surface area contributed by atoms with Crippen LogP contribution in [0, 0.1) is 5.92 Å². The van der Waals surface area contributed by atoms with Crippen LogP contribution in [0.4, 0.5) is 0 Å². The predicted molar refractivity (Wildman–Crippen MR) is 128 cm³/mol. The van der Waals surface area contributed by atoms with E-state index in [-0.39, 0.29) is 30.3 Å². The molecule has 2 heterocycles. The fourth-order valence-corrected chi connectivity index (χ4v) is 4.38. The molecule has 3 aromatic rings. The normalized spacial score (nSPS) is 15.9. The molecule has 0 radical (unpaired) electrons. The van der Waals surface area contributed by atoms with E-state index >= 15 is 0 Å². The van der Waals surface area contributed by atoms with Crippen molar-refractivity contribution in [1.29, 1.82) is 0 Å². The number of carbonyl (C=O) groups excluding carboxylic acids is 2. The molecule has 1 fully saturated rings. The molecule has 172 valence electrons. The van der Waals surface area contributed by atoms with Crippen molar-refractivity contribution in [2.24, 2.45) is 5.92 Å². The highest BCUT2D eigenvalue weighted by Crippen LogP contribution is 2.20. The maximum atomic E-state index is 13.1. The molecule has 1 atom stereocenters. The number of carbonyl (C=O) groups is 2. The molecular formula is C26H29N3O4. The van der Waals surface area contributed by atoms with E-state index in [0.29, 0.717) is 33.7 Å². The number of rotatable bonds is 6. The summed E-state index contributed by atoms with van der Waals surface area (Å²) in [6.07, 6.45) is 3.99. The third-order valence-electron chi connectivity index (χ3n) is 6.13. The second-order valence-corrected chi connectivity index (χ2v) is 8.56. The van der Waals surface area contributed by atoms with Crippen LogP contribution in [0.25, 0.3) is 16.5 Å². The molecule has 7 nitrogen and oxygen atoms in total. The smallest absolute Gasteiger partial charge is 0.262 e. The van der Waals surface area contributed by atoms with Crippen molar-refractivity contribution >= 4 is 22.6 Å². The zero-order valence-corrected chi connectivity index (χ0v) is 19.0. The molecule has 0 saturated carbocycles. The number of hydrogen-bond acceptors (Lipinski definition) is 4. The lowest BCUT2D eigenvalue weighted by Gasteiger charge is -2.31. The van der Waals surface area contributed by atoms with Crippen molar-refractivity contribution in [3.8, 4) is 11.4 Å². The minimum Gasteiger partial charge on any atom is -0.497 e. The van der Waals surface area contributed by atoms with Gasteiger partial charge in [0.15, 0.2) is 0 Å². The van der Waals surface area contributed by atoms with Crippen molar-refractivity contribution in [1.82, 2.24) is 14.8 Å². The summed E-state index contributed by atoms with van der Waals surface area (Å²) in [6, 6.07) is 14.2. The van der Waals surface area contributed by atoms with Gasteiger partial charge in [0, 0.05) is 49.1 Å². The first-order chi connectivity index (χ1) is 16.0. The van der Waals surface area contributed by atoms with Crippen LogP contribution < -0.4 is 15.6 Å². The van der Waals surface area contributed by atoms with Crippen molar-refractivity contribution in [3.63, 3.8) is 0 Å². The largest absolute Gasteiger partial charge is 0.497 e. The van der Waals surface area contributed by atoms with E-state index in [1.807, 2.05) is 4.90 Å². The number of piperidine rings is 1. The second-order valence-electron chi connectivity index (χ2n) is 8.56. The Balaban J connectivity index is 1.57. The molecule has 1 N–H and O–H groups in total. The standard InChI is InChI=1S/C26H29N3O4/c1-18-7-6-14-28(16-18)24(30)12-13-27-25(31)23-17-29(19-8-5-9-20(15-19)33-2)26(32)22-11-4-3-10-21(22)23/h3-5,8-11,15,17-18H,6-7,12-14,16H2,1-2H3,(H,27,31). The van der Waals surface area contributed by atoms with Gasteiger partial charge in [-0.25, -0.2) is 0 Å². The maximum absolute atomic E-state index is 13.1. The number of likely N-dealkylation sites (tertiary alicyclic amines) is 1. The molecule has 7 heteroatoms. The van der Waals surface area contributed by atoms with Gasteiger partial charge in [0.25, 0.3) is 11.5 Å². The van der Waals surface area contributed by atoms with Gasteiger partial charge >= 0.3 is 0 Å². The lowest BCUT2D eigenvalue weighted by atomic mass is 10.00. The summed E-state index contributed by atoms with van der Waals surface area (Å²) in [6.45, 7) is 3.97. The third kappa shape index (κ3) is 4.92. The molecule has 0 bridgehead atoms. The van der Waals surface area contributed by atoms with E-state index in [1.54, 1.807) is 61.8 Å². The number of fused-ring (bicyclic) bond motifs is 1. The minimum atomic E-state index is -0.317. The number of benzene rings is 2. The molecular weight excluding hydrogens is 418 g/mol. The van der Waals surface area contributed by atoms with E-state index in [9.17, 15) is 14.4 Å². The third-order valence-corrected chi connectivity index (χ3v) is 6.13. The lowest BCUT2D eigenvalue weighted by molar-refractivity contribution is -0.132. The Morgan fingerprint density at radius 1 is 1.12 bits per heavy atom. The van der Waals surface area contributed by atoms with Crippen LogP contribution in [0.1, 0.15) is 36.5 Å². The Bertz CT molecular complexity index is 1230. The average molecular weight is 448 g/mol. The summed E-state index contributed by atoms with van der Waals surface area (Å²) in [7, 11) is 1.56. The van der Waals surface area contributed by atoms with Gasteiger partial charge in [-0.15, -0.1) is 0 Å². The highest BCUT2D eigenvalue weighted by Gasteiger charge is 2.21. The molecule has 0 aliphatic carbocycles. The van der Waals surface area contributed by atoms with E-state index in [4.69, 9.17) is 4.74 Å². The molecule has 4 rings (SSSR count). The van der Waals surface area contributed by atoms with E-state index in [1.165, 1.54) is 4.57 Å². The van der Waals surface area contributed by atoms with Gasteiger partial charge < -0.3 is 15.0 Å². The zero-order chi connectivity index (χ0) is 23.4.